The van der Waals surface area contributed by atoms with Crippen molar-refractivity contribution in [2.24, 2.45) is 0 Å². The zero-order chi connectivity index (χ0) is 9.14. The Labute approximate surface area is 79.7 Å². The third-order valence-corrected chi connectivity index (χ3v) is 2.10. The molecule has 66 valence electrons. The molecule has 0 aliphatic carbocycles. The Hall–Kier alpha value is -0.310. The van der Waals surface area contributed by atoms with E-state index >= 15 is 0 Å². The van der Waals surface area contributed by atoms with Gasteiger partial charge in [0.1, 0.15) is 5.82 Å². The molecule has 1 N–H and O–H groups in total. The number of rotatable bonds is 2. The summed E-state index contributed by atoms with van der Waals surface area (Å²) in [7, 11) is 0. The number of benzene rings is 1. The van der Waals surface area contributed by atoms with Gasteiger partial charge < -0.3 is 5.11 Å². The van der Waals surface area contributed by atoms with Gasteiger partial charge in [0.25, 0.3) is 0 Å². The molecule has 0 saturated carbocycles. The number of halogens is 3. The predicted octanol–water partition coefficient (Wildman–Crippen LogP) is 2.75. The van der Waals surface area contributed by atoms with E-state index in [9.17, 15) is 9.50 Å². The SMILES string of the molecule is O[C@H](CCl)c1c(F)cccc1Cl. The molecule has 1 aromatic carbocycles. The van der Waals surface area contributed by atoms with E-state index in [-0.39, 0.29) is 16.5 Å². The number of alkyl halides is 1. The van der Waals surface area contributed by atoms with Crippen LogP contribution in [0.15, 0.2) is 18.2 Å². The second kappa shape index (κ2) is 4.08. The molecule has 1 rings (SSSR count). The minimum atomic E-state index is -1.04. The van der Waals surface area contributed by atoms with Gasteiger partial charge in [-0.15, -0.1) is 11.6 Å². The summed E-state index contributed by atoms with van der Waals surface area (Å²) in [6.07, 6.45) is -1.04. The van der Waals surface area contributed by atoms with Gasteiger partial charge >= 0.3 is 0 Å². The smallest absolute Gasteiger partial charge is 0.130 e. The van der Waals surface area contributed by atoms with Gasteiger partial charge in [-0.3, -0.25) is 0 Å². The lowest BCUT2D eigenvalue weighted by molar-refractivity contribution is 0.197. The Bertz CT molecular complexity index is 258. The van der Waals surface area contributed by atoms with Gasteiger partial charge in [0.05, 0.1) is 12.0 Å². The summed E-state index contributed by atoms with van der Waals surface area (Å²) < 4.78 is 13.0. The molecular weight excluding hydrogens is 202 g/mol. The molecule has 0 aliphatic rings. The van der Waals surface area contributed by atoms with Gasteiger partial charge in [0.2, 0.25) is 0 Å². The molecule has 0 saturated heterocycles. The molecule has 0 unspecified atom stereocenters. The van der Waals surface area contributed by atoms with Crippen LogP contribution in [-0.2, 0) is 0 Å². The van der Waals surface area contributed by atoms with Crippen molar-refractivity contribution in [3.63, 3.8) is 0 Å². The Morgan fingerprint density at radius 1 is 1.50 bits per heavy atom. The molecular formula is C8H7Cl2FO. The lowest BCUT2D eigenvalue weighted by Gasteiger charge is -2.09. The molecule has 0 radical (unpaired) electrons. The van der Waals surface area contributed by atoms with Crippen LogP contribution in [0.1, 0.15) is 11.7 Å². The molecule has 1 atom stereocenters. The minimum absolute atomic E-state index is 0.0640. The highest BCUT2D eigenvalue weighted by molar-refractivity contribution is 6.31. The van der Waals surface area contributed by atoms with Gasteiger partial charge in [-0.05, 0) is 12.1 Å². The molecule has 0 amide bonds. The zero-order valence-electron chi connectivity index (χ0n) is 6.10. The first kappa shape index (κ1) is 9.78. The third kappa shape index (κ3) is 1.89. The topological polar surface area (TPSA) is 20.2 Å². The second-order valence-corrected chi connectivity index (χ2v) is 3.02. The summed E-state index contributed by atoms with van der Waals surface area (Å²) in [5.41, 5.74) is 0.0640. The number of hydrogen-bond acceptors (Lipinski definition) is 1. The molecule has 12 heavy (non-hydrogen) atoms. The van der Waals surface area contributed by atoms with E-state index in [4.69, 9.17) is 23.2 Å². The van der Waals surface area contributed by atoms with Gasteiger partial charge in [0, 0.05) is 10.6 Å². The summed E-state index contributed by atoms with van der Waals surface area (Å²) in [5, 5.41) is 9.43. The monoisotopic (exact) mass is 208 g/mol. The van der Waals surface area contributed by atoms with Crippen molar-refractivity contribution < 1.29 is 9.50 Å². The summed E-state index contributed by atoms with van der Waals surface area (Å²) in [6, 6.07) is 4.22. The van der Waals surface area contributed by atoms with E-state index < -0.39 is 11.9 Å². The van der Waals surface area contributed by atoms with Crippen molar-refractivity contribution in [2.75, 3.05) is 5.88 Å². The standard InChI is InChI=1S/C8H7Cl2FO/c9-4-7(12)8-5(10)2-1-3-6(8)11/h1-3,7,12H,4H2/t7-/m1/s1. The largest absolute Gasteiger partial charge is 0.387 e. The Balaban J connectivity index is 3.12. The molecule has 0 aliphatic heterocycles. The lowest BCUT2D eigenvalue weighted by atomic mass is 10.1. The maximum atomic E-state index is 13.0. The predicted molar refractivity (Wildman–Crippen MR) is 47.1 cm³/mol. The van der Waals surface area contributed by atoms with Crippen LogP contribution in [0.5, 0.6) is 0 Å². The van der Waals surface area contributed by atoms with Crippen LogP contribution in [0.25, 0.3) is 0 Å². The van der Waals surface area contributed by atoms with Crippen molar-refractivity contribution in [3.05, 3.63) is 34.6 Å². The van der Waals surface area contributed by atoms with Gasteiger partial charge in [0.15, 0.2) is 0 Å². The van der Waals surface area contributed by atoms with E-state index in [1.807, 2.05) is 0 Å². The molecule has 0 spiro atoms. The fourth-order valence-electron chi connectivity index (χ4n) is 0.906. The van der Waals surface area contributed by atoms with Crippen molar-refractivity contribution in [2.45, 2.75) is 6.10 Å². The summed E-state index contributed by atoms with van der Waals surface area (Å²) in [4.78, 5) is 0. The van der Waals surface area contributed by atoms with E-state index in [0.717, 1.165) is 0 Å². The highest BCUT2D eigenvalue weighted by Gasteiger charge is 2.14. The maximum Gasteiger partial charge on any atom is 0.130 e. The summed E-state index contributed by atoms with van der Waals surface area (Å²) >= 11 is 11.0. The Morgan fingerprint density at radius 3 is 2.67 bits per heavy atom. The molecule has 0 heterocycles. The van der Waals surface area contributed by atoms with Gasteiger partial charge in [-0.2, -0.15) is 0 Å². The van der Waals surface area contributed by atoms with Gasteiger partial charge in [-0.1, -0.05) is 17.7 Å². The molecule has 0 fully saturated rings. The first-order valence-corrected chi connectivity index (χ1v) is 4.26. The van der Waals surface area contributed by atoms with Crippen molar-refractivity contribution in [3.8, 4) is 0 Å². The van der Waals surface area contributed by atoms with Crippen LogP contribution in [0.3, 0.4) is 0 Å². The lowest BCUT2D eigenvalue weighted by Crippen LogP contribution is -2.02. The van der Waals surface area contributed by atoms with Crippen LogP contribution in [0.2, 0.25) is 5.02 Å². The molecule has 0 aromatic heterocycles. The summed E-state index contributed by atoms with van der Waals surface area (Å²) in [5.74, 6) is -0.601. The molecule has 1 aromatic rings. The first-order valence-electron chi connectivity index (χ1n) is 3.34. The summed E-state index contributed by atoms with van der Waals surface area (Å²) in [6.45, 7) is 0. The number of hydrogen-bond donors (Lipinski definition) is 1. The van der Waals surface area contributed by atoms with E-state index in [0.29, 0.717) is 0 Å². The van der Waals surface area contributed by atoms with Crippen molar-refractivity contribution in [1.29, 1.82) is 0 Å². The molecule has 4 heteroatoms. The Kier molecular flexibility index (Phi) is 3.32. The maximum absolute atomic E-state index is 13.0. The highest BCUT2D eigenvalue weighted by Crippen LogP contribution is 2.26. The Morgan fingerprint density at radius 2 is 2.17 bits per heavy atom. The minimum Gasteiger partial charge on any atom is -0.387 e. The quantitative estimate of drug-likeness (QED) is 0.742. The van der Waals surface area contributed by atoms with Gasteiger partial charge in [-0.25, -0.2) is 4.39 Å². The highest BCUT2D eigenvalue weighted by atomic mass is 35.5. The fourth-order valence-corrected chi connectivity index (χ4v) is 1.35. The van der Waals surface area contributed by atoms with Crippen molar-refractivity contribution >= 4 is 23.2 Å². The zero-order valence-corrected chi connectivity index (χ0v) is 7.61. The van der Waals surface area contributed by atoms with Crippen LogP contribution < -0.4 is 0 Å². The van der Waals surface area contributed by atoms with Crippen LogP contribution in [-0.4, -0.2) is 11.0 Å². The first-order chi connectivity index (χ1) is 5.66. The van der Waals surface area contributed by atoms with E-state index in [2.05, 4.69) is 0 Å². The normalized spacial score (nSPS) is 13.0. The van der Waals surface area contributed by atoms with Crippen molar-refractivity contribution in [1.82, 2.24) is 0 Å². The van der Waals surface area contributed by atoms with Crippen LogP contribution in [0.4, 0.5) is 4.39 Å². The number of aliphatic hydroxyl groups is 1. The fraction of sp³-hybridized carbons (Fsp3) is 0.250. The number of aliphatic hydroxyl groups excluding tert-OH is 1. The molecule has 1 nitrogen and oxygen atoms in total. The van der Waals surface area contributed by atoms with E-state index in [1.165, 1.54) is 18.2 Å². The van der Waals surface area contributed by atoms with E-state index in [1.54, 1.807) is 0 Å². The third-order valence-electron chi connectivity index (χ3n) is 1.48. The van der Waals surface area contributed by atoms with Crippen LogP contribution >= 0.6 is 23.2 Å². The second-order valence-electron chi connectivity index (χ2n) is 2.31. The van der Waals surface area contributed by atoms with Crippen LogP contribution in [0, 0.1) is 5.82 Å². The average Bonchev–Trinajstić information content (AvgIpc) is 2.03. The average molecular weight is 209 g/mol. The molecule has 0 bridgehead atoms.